The standard InChI is InChI=1S/C19H22N6O2/c1-12-21-15-6-5-13(10-16(15)22-12)19(27)20-11-14-4-2-3-9-25(14)17-7-8-18(26)24-23-17/h5-8,10,14H,2-4,9,11H2,1H3,(H,20,27)(H,21,22)(H,24,26). The number of hydrogen-bond acceptors (Lipinski definition) is 5. The van der Waals surface area contributed by atoms with E-state index in [2.05, 4.69) is 30.4 Å². The lowest BCUT2D eigenvalue weighted by atomic mass is 10.0. The zero-order valence-corrected chi connectivity index (χ0v) is 15.2. The van der Waals surface area contributed by atoms with Crippen LogP contribution in [-0.2, 0) is 0 Å². The molecule has 0 spiro atoms. The minimum absolute atomic E-state index is 0.107. The third kappa shape index (κ3) is 3.69. The minimum Gasteiger partial charge on any atom is -0.350 e. The van der Waals surface area contributed by atoms with Crippen LogP contribution in [0, 0.1) is 6.92 Å². The van der Waals surface area contributed by atoms with Crippen LogP contribution in [0.3, 0.4) is 0 Å². The van der Waals surface area contributed by atoms with Crippen LogP contribution in [0.4, 0.5) is 5.82 Å². The fourth-order valence-corrected chi connectivity index (χ4v) is 3.60. The van der Waals surface area contributed by atoms with E-state index in [1.54, 1.807) is 12.1 Å². The summed E-state index contributed by atoms with van der Waals surface area (Å²) >= 11 is 0. The van der Waals surface area contributed by atoms with Gasteiger partial charge in [-0.15, -0.1) is 0 Å². The second kappa shape index (κ2) is 7.22. The van der Waals surface area contributed by atoms with E-state index in [9.17, 15) is 9.59 Å². The van der Waals surface area contributed by atoms with Gasteiger partial charge in [0.1, 0.15) is 11.6 Å². The molecule has 8 heteroatoms. The molecule has 2 aromatic heterocycles. The van der Waals surface area contributed by atoms with Crippen molar-refractivity contribution in [1.82, 2.24) is 25.5 Å². The molecule has 3 N–H and O–H groups in total. The Kier molecular flexibility index (Phi) is 4.62. The van der Waals surface area contributed by atoms with Gasteiger partial charge >= 0.3 is 0 Å². The molecular formula is C19H22N6O2. The minimum atomic E-state index is -0.218. The van der Waals surface area contributed by atoms with Gasteiger partial charge in [0, 0.05) is 30.8 Å². The number of aryl methyl sites for hydroxylation is 1. The van der Waals surface area contributed by atoms with E-state index >= 15 is 0 Å². The Morgan fingerprint density at radius 3 is 3.00 bits per heavy atom. The topological polar surface area (TPSA) is 107 Å². The Labute approximate surface area is 156 Å². The number of aromatic nitrogens is 4. The Bertz CT molecular complexity index is 1000. The lowest BCUT2D eigenvalue weighted by molar-refractivity contribution is 0.0949. The molecule has 1 saturated heterocycles. The smallest absolute Gasteiger partial charge is 0.264 e. The molecule has 0 radical (unpaired) electrons. The maximum absolute atomic E-state index is 12.6. The molecule has 3 aromatic rings. The van der Waals surface area contributed by atoms with Gasteiger partial charge in [-0.3, -0.25) is 9.59 Å². The van der Waals surface area contributed by atoms with Crippen LogP contribution < -0.4 is 15.8 Å². The Morgan fingerprint density at radius 1 is 1.30 bits per heavy atom. The zero-order chi connectivity index (χ0) is 18.8. The number of carbonyl (C=O) groups is 1. The molecule has 1 atom stereocenters. The van der Waals surface area contributed by atoms with Crippen molar-refractivity contribution in [1.29, 1.82) is 0 Å². The first kappa shape index (κ1) is 17.3. The van der Waals surface area contributed by atoms with Crippen LogP contribution >= 0.6 is 0 Å². The molecule has 4 rings (SSSR count). The molecule has 1 aromatic carbocycles. The Morgan fingerprint density at radius 2 is 2.19 bits per heavy atom. The molecule has 1 fully saturated rings. The van der Waals surface area contributed by atoms with Gasteiger partial charge in [-0.25, -0.2) is 10.1 Å². The monoisotopic (exact) mass is 366 g/mol. The first-order valence-electron chi connectivity index (χ1n) is 9.17. The summed E-state index contributed by atoms with van der Waals surface area (Å²) in [4.78, 5) is 33.5. The van der Waals surface area contributed by atoms with Gasteiger partial charge in [-0.05, 0) is 50.5 Å². The fraction of sp³-hybridized carbons (Fsp3) is 0.368. The molecule has 1 amide bonds. The maximum atomic E-state index is 12.6. The predicted molar refractivity (Wildman–Crippen MR) is 103 cm³/mol. The number of H-pyrrole nitrogens is 2. The molecule has 1 aliphatic rings. The third-order valence-electron chi connectivity index (χ3n) is 4.95. The molecule has 0 bridgehead atoms. The van der Waals surface area contributed by atoms with Crippen LogP contribution in [0.25, 0.3) is 11.0 Å². The van der Waals surface area contributed by atoms with Gasteiger partial charge < -0.3 is 15.2 Å². The number of piperidine rings is 1. The highest BCUT2D eigenvalue weighted by molar-refractivity contribution is 5.97. The van der Waals surface area contributed by atoms with Crippen molar-refractivity contribution in [2.45, 2.75) is 32.2 Å². The van der Waals surface area contributed by atoms with Crippen LogP contribution in [0.2, 0.25) is 0 Å². The normalized spacial score (nSPS) is 17.2. The van der Waals surface area contributed by atoms with Crippen LogP contribution in [0.5, 0.6) is 0 Å². The van der Waals surface area contributed by atoms with Gasteiger partial charge in [0.05, 0.1) is 11.0 Å². The second-order valence-corrected chi connectivity index (χ2v) is 6.89. The summed E-state index contributed by atoms with van der Waals surface area (Å²) in [6.45, 7) is 3.28. The quantitative estimate of drug-likeness (QED) is 0.652. The lowest BCUT2D eigenvalue weighted by Gasteiger charge is -2.36. The summed E-state index contributed by atoms with van der Waals surface area (Å²) < 4.78 is 0. The van der Waals surface area contributed by atoms with Crippen molar-refractivity contribution >= 4 is 22.8 Å². The molecule has 1 aliphatic heterocycles. The SMILES string of the molecule is Cc1nc2ccc(C(=O)NCC3CCCCN3c3ccc(=O)[nH]n3)cc2[nH]1. The first-order chi connectivity index (χ1) is 13.1. The van der Waals surface area contributed by atoms with Crippen LogP contribution in [0.1, 0.15) is 35.4 Å². The number of rotatable bonds is 4. The summed E-state index contributed by atoms with van der Waals surface area (Å²) in [5.41, 5.74) is 2.10. The zero-order valence-electron chi connectivity index (χ0n) is 15.2. The highest BCUT2D eigenvalue weighted by Gasteiger charge is 2.24. The number of carbonyl (C=O) groups excluding carboxylic acids is 1. The van der Waals surface area contributed by atoms with Gasteiger partial charge in [0.15, 0.2) is 0 Å². The summed E-state index contributed by atoms with van der Waals surface area (Å²) in [5.74, 6) is 1.46. The summed E-state index contributed by atoms with van der Waals surface area (Å²) in [5, 5.41) is 9.66. The molecule has 0 aliphatic carbocycles. The molecule has 3 heterocycles. The molecule has 8 nitrogen and oxygen atoms in total. The van der Waals surface area contributed by atoms with E-state index in [0.717, 1.165) is 48.5 Å². The van der Waals surface area contributed by atoms with E-state index in [1.807, 2.05) is 19.1 Å². The van der Waals surface area contributed by atoms with E-state index < -0.39 is 0 Å². The molecule has 27 heavy (non-hydrogen) atoms. The van der Waals surface area contributed by atoms with Crippen molar-refractivity contribution in [3.8, 4) is 0 Å². The number of benzene rings is 1. The van der Waals surface area contributed by atoms with Gasteiger partial charge in [-0.2, -0.15) is 5.10 Å². The molecular weight excluding hydrogens is 344 g/mol. The highest BCUT2D eigenvalue weighted by Crippen LogP contribution is 2.22. The molecule has 140 valence electrons. The number of aromatic amines is 2. The van der Waals surface area contributed by atoms with E-state index in [0.29, 0.717) is 12.1 Å². The number of nitrogens with zero attached hydrogens (tertiary/aromatic N) is 3. The number of imidazole rings is 1. The first-order valence-corrected chi connectivity index (χ1v) is 9.17. The highest BCUT2D eigenvalue weighted by atomic mass is 16.1. The molecule has 0 saturated carbocycles. The van der Waals surface area contributed by atoms with Crippen LogP contribution in [0.15, 0.2) is 35.1 Å². The fourth-order valence-electron chi connectivity index (χ4n) is 3.60. The van der Waals surface area contributed by atoms with Crippen LogP contribution in [-0.4, -0.2) is 45.2 Å². The van der Waals surface area contributed by atoms with Crippen molar-refractivity contribution in [2.75, 3.05) is 18.0 Å². The maximum Gasteiger partial charge on any atom is 0.264 e. The third-order valence-corrected chi connectivity index (χ3v) is 4.95. The number of fused-ring (bicyclic) bond motifs is 1. The lowest BCUT2D eigenvalue weighted by Crippen LogP contribution is -2.47. The van der Waals surface area contributed by atoms with E-state index in [1.165, 1.54) is 6.07 Å². The Hall–Kier alpha value is -3.16. The van der Waals surface area contributed by atoms with Crippen molar-refractivity contribution in [3.63, 3.8) is 0 Å². The number of amides is 1. The number of anilines is 1. The average molecular weight is 366 g/mol. The van der Waals surface area contributed by atoms with Gasteiger partial charge in [-0.1, -0.05) is 0 Å². The average Bonchev–Trinajstić information content (AvgIpc) is 3.06. The summed E-state index contributed by atoms with van der Waals surface area (Å²) in [6.07, 6.45) is 3.15. The number of nitrogens with one attached hydrogen (secondary N) is 3. The predicted octanol–water partition coefficient (Wildman–Crippen LogP) is 1.74. The van der Waals surface area contributed by atoms with E-state index in [-0.39, 0.29) is 17.5 Å². The second-order valence-electron chi connectivity index (χ2n) is 6.89. The van der Waals surface area contributed by atoms with Crippen molar-refractivity contribution in [3.05, 3.63) is 52.1 Å². The summed E-state index contributed by atoms with van der Waals surface area (Å²) in [7, 11) is 0. The molecule has 1 unspecified atom stereocenters. The Balaban J connectivity index is 1.45. The van der Waals surface area contributed by atoms with Crippen molar-refractivity contribution in [2.24, 2.45) is 0 Å². The van der Waals surface area contributed by atoms with Gasteiger partial charge in [0.2, 0.25) is 0 Å². The van der Waals surface area contributed by atoms with E-state index in [4.69, 9.17) is 0 Å². The summed E-state index contributed by atoms with van der Waals surface area (Å²) in [6, 6.07) is 8.83. The largest absolute Gasteiger partial charge is 0.350 e. The number of hydrogen-bond donors (Lipinski definition) is 3. The van der Waals surface area contributed by atoms with Crippen molar-refractivity contribution < 1.29 is 4.79 Å². The van der Waals surface area contributed by atoms with Gasteiger partial charge in [0.25, 0.3) is 11.5 Å².